The first kappa shape index (κ1) is 14.9. The quantitative estimate of drug-likeness (QED) is 0.899. The third-order valence-electron chi connectivity index (χ3n) is 3.27. The first-order chi connectivity index (χ1) is 9.20. The maximum Gasteiger partial charge on any atom is 0.416 e. The molecule has 2 nitrogen and oxygen atoms in total. The monoisotopic (exact) mass is 285 g/mol. The van der Waals surface area contributed by atoms with E-state index in [9.17, 15) is 18.3 Å². The highest BCUT2D eigenvalue weighted by atomic mass is 19.4. The molecule has 5 heteroatoms. The first-order valence-corrected chi connectivity index (χ1v) is 6.59. The van der Waals surface area contributed by atoms with E-state index in [2.05, 4.69) is 0 Å². The Morgan fingerprint density at radius 1 is 1.15 bits per heavy atom. The Morgan fingerprint density at radius 3 is 2.30 bits per heavy atom. The number of alkyl halides is 3. The first-order valence-electron chi connectivity index (χ1n) is 6.59. The Hall–Kier alpha value is -1.49. The molecule has 1 atom stereocenters. The Bertz CT molecular complexity index is 611. The minimum absolute atomic E-state index is 0.123. The van der Waals surface area contributed by atoms with Gasteiger partial charge >= 0.3 is 6.18 Å². The van der Waals surface area contributed by atoms with Crippen molar-refractivity contribution in [3.63, 3.8) is 0 Å². The highest BCUT2D eigenvalue weighted by Gasteiger charge is 2.30. The predicted molar refractivity (Wildman–Crippen MR) is 72.7 cm³/mol. The van der Waals surface area contributed by atoms with Gasteiger partial charge in [0.1, 0.15) is 0 Å². The molecule has 0 saturated heterocycles. The summed E-state index contributed by atoms with van der Waals surface area (Å²) in [5.74, 6) is 0. The second kappa shape index (κ2) is 5.13. The third kappa shape index (κ3) is 2.82. The van der Waals surface area contributed by atoms with Crippen molar-refractivity contribution in [3.05, 3.63) is 35.5 Å². The van der Waals surface area contributed by atoms with E-state index in [1.807, 2.05) is 18.4 Å². The van der Waals surface area contributed by atoms with Gasteiger partial charge in [0.05, 0.1) is 11.7 Å². The molecule has 0 amide bonds. The van der Waals surface area contributed by atoms with Crippen molar-refractivity contribution in [2.75, 3.05) is 0 Å². The second-order valence-electron chi connectivity index (χ2n) is 5.42. The van der Waals surface area contributed by atoms with Crippen LogP contribution >= 0.6 is 0 Å². The average Bonchev–Trinajstić information content (AvgIpc) is 2.63. The summed E-state index contributed by atoms with van der Waals surface area (Å²) in [6.45, 7) is 5.62. The van der Waals surface area contributed by atoms with E-state index in [0.717, 1.165) is 17.3 Å². The average molecular weight is 285 g/mol. The molecule has 0 aliphatic rings. The van der Waals surface area contributed by atoms with Gasteiger partial charge in [-0.2, -0.15) is 13.2 Å². The van der Waals surface area contributed by atoms with Crippen molar-refractivity contribution < 1.29 is 18.3 Å². The number of benzene rings is 1. The predicted octanol–water partition coefficient (Wildman–Crippen LogP) is 4.16. The van der Waals surface area contributed by atoms with Gasteiger partial charge in [0.25, 0.3) is 0 Å². The van der Waals surface area contributed by atoms with Gasteiger partial charge in [-0.05, 0) is 45.0 Å². The van der Waals surface area contributed by atoms with Gasteiger partial charge in [-0.25, -0.2) is 0 Å². The molecule has 0 spiro atoms. The second-order valence-corrected chi connectivity index (χ2v) is 5.42. The lowest BCUT2D eigenvalue weighted by atomic mass is 10.1. The van der Waals surface area contributed by atoms with Crippen LogP contribution in [0.15, 0.2) is 24.3 Å². The van der Waals surface area contributed by atoms with Crippen LogP contribution in [0, 0.1) is 0 Å². The SMILES string of the molecule is CC(O)Cc1cc2cc(C(F)(F)F)ccc2n1C(C)C. The summed E-state index contributed by atoms with van der Waals surface area (Å²) < 4.78 is 40.2. The van der Waals surface area contributed by atoms with Crippen LogP contribution in [0.2, 0.25) is 0 Å². The molecule has 1 aromatic heterocycles. The van der Waals surface area contributed by atoms with Crippen molar-refractivity contribution in [2.45, 2.75) is 45.5 Å². The zero-order valence-electron chi connectivity index (χ0n) is 11.7. The van der Waals surface area contributed by atoms with Gasteiger partial charge in [0.15, 0.2) is 0 Å². The third-order valence-corrected chi connectivity index (χ3v) is 3.27. The van der Waals surface area contributed by atoms with Crippen molar-refractivity contribution in [3.8, 4) is 0 Å². The van der Waals surface area contributed by atoms with E-state index >= 15 is 0 Å². The highest BCUT2D eigenvalue weighted by molar-refractivity contribution is 5.82. The van der Waals surface area contributed by atoms with Gasteiger partial charge in [-0.1, -0.05) is 0 Å². The number of hydrogen-bond donors (Lipinski definition) is 1. The van der Waals surface area contributed by atoms with E-state index in [4.69, 9.17) is 0 Å². The molecule has 0 radical (unpaired) electrons. The molecule has 110 valence electrons. The number of nitrogens with zero attached hydrogens (tertiary/aromatic N) is 1. The molecule has 0 saturated carbocycles. The Labute approximate surface area is 115 Å². The van der Waals surface area contributed by atoms with Gasteiger partial charge in [-0.3, -0.25) is 0 Å². The summed E-state index contributed by atoms with van der Waals surface area (Å²) in [7, 11) is 0. The van der Waals surface area contributed by atoms with E-state index in [1.54, 1.807) is 13.0 Å². The smallest absolute Gasteiger partial charge is 0.393 e. The zero-order chi connectivity index (χ0) is 15.1. The summed E-state index contributed by atoms with van der Waals surface area (Å²) in [6, 6.07) is 5.63. The van der Waals surface area contributed by atoms with Crippen molar-refractivity contribution in [1.29, 1.82) is 0 Å². The molecule has 20 heavy (non-hydrogen) atoms. The van der Waals surface area contributed by atoms with Crippen molar-refractivity contribution in [1.82, 2.24) is 4.57 Å². The summed E-state index contributed by atoms with van der Waals surface area (Å²) in [5, 5.41) is 10.1. The molecule has 2 rings (SSSR count). The fourth-order valence-electron chi connectivity index (χ4n) is 2.54. The van der Waals surface area contributed by atoms with Gasteiger partial charge in [0.2, 0.25) is 0 Å². The summed E-state index contributed by atoms with van der Waals surface area (Å²) in [5.41, 5.74) is 0.975. The maximum absolute atomic E-state index is 12.7. The van der Waals surface area contributed by atoms with Crippen LogP contribution in [-0.4, -0.2) is 15.8 Å². The maximum atomic E-state index is 12.7. The molecular formula is C15H18F3NO. The van der Waals surface area contributed by atoms with Crippen LogP contribution in [0.5, 0.6) is 0 Å². The van der Waals surface area contributed by atoms with Crippen LogP contribution in [0.3, 0.4) is 0 Å². The number of aliphatic hydroxyl groups excluding tert-OH is 1. The molecule has 1 heterocycles. The molecule has 0 bridgehead atoms. The fraction of sp³-hybridized carbons (Fsp3) is 0.467. The summed E-state index contributed by atoms with van der Waals surface area (Å²) >= 11 is 0. The Morgan fingerprint density at radius 2 is 1.80 bits per heavy atom. The largest absolute Gasteiger partial charge is 0.416 e. The van der Waals surface area contributed by atoms with Crippen LogP contribution in [-0.2, 0) is 12.6 Å². The number of rotatable bonds is 3. The molecule has 2 aromatic rings. The molecule has 0 fully saturated rings. The lowest BCUT2D eigenvalue weighted by Gasteiger charge is -2.16. The Kier molecular flexibility index (Phi) is 3.82. The highest BCUT2D eigenvalue weighted by Crippen LogP contribution is 2.33. The zero-order valence-corrected chi connectivity index (χ0v) is 11.7. The summed E-state index contributed by atoms with van der Waals surface area (Å²) in [6.07, 6.45) is -4.44. The number of hydrogen-bond acceptors (Lipinski definition) is 1. The molecular weight excluding hydrogens is 267 g/mol. The van der Waals surface area contributed by atoms with Gasteiger partial charge < -0.3 is 9.67 Å². The molecule has 0 aliphatic heterocycles. The van der Waals surface area contributed by atoms with Crippen LogP contribution in [0.25, 0.3) is 10.9 Å². The normalized spacial score (nSPS) is 14.2. The number of fused-ring (bicyclic) bond motifs is 1. The topological polar surface area (TPSA) is 25.2 Å². The lowest BCUT2D eigenvalue weighted by molar-refractivity contribution is -0.137. The minimum Gasteiger partial charge on any atom is -0.393 e. The number of aliphatic hydroxyl groups is 1. The van der Waals surface area contributed by atoms with E-state index in [1.165, 1.54) is 12.1 Å². The summed E-state index contributed by atoms with van der Waals surface area (Å²) in [4.78, 5) is 0. The minimum atomic E-state index is -4.33. The number of halogens is 3. The van der Waals surface area contributed by atoms with Gasteiger partial charge in [0, 0.05) is 29.1 Å². The molecule has 1 unspecified atom stereocenters. The van der Waals surface area contributed by atoms with Crippen LogP contribution < -0.4 is 0 Å². The Balaban J connectivity index is 2.61. The van der Waals surface area contributed by atoms with Crippen molar-refractivity contribution >= 4 is 10.9 Å². The fourth-order valence-corrected chi connectivity index (χ4v) is 2.54. The van der Waals surface area contributed by atoms with E-state index < -0.39 is 17.8 Å². The molecule has 1 aromatic carbocycles. The number of aromatic nitrogens is 1. The standard InChI is InChI=1S/C15H18F3NO/c1-9(2)19-13(6-10(3)20)8-11-7-12(15(16,17)18)4-5-14(11)19/h4-5,7-10,20H,6H2,1-3H3. The van der Waals surface area contributed by atoms with E-state index in [-0.39, 0.29) is 6.04 Å². The van der Waals surface area contributed by atoms with Crippen LogP contribution in [0.1, 0.15) is 38.1 Å². The van der Waals surface area contributed by atoms with Crippen molar-refractivity contribution in [2.24, 2.45) is 0 Å². The van der Waals surface area contributed by atoms with Crippen LogP contribution in [0.4, 0.5) is 13.2 Å². The lowest BCUT2D eigenvalue weighted by Crippen LogP contribution is -2.11. The molecule has 1 N–H and O–H groups in total. The van der Waals surface area contributed by atoms with E-state index in [0.29, 0.717) is 11.8 Å². The molecule has 0 aliphatic carbocycles. The van der Waals surface area contributed by atoms with Gasteiger partial charge in [-0.15, -0.1) is 0 Å².